The Morgan fingerprint density at radius 3 is 2.68 bits per heavy atom. The molecule has 3 aromatic rings. The van der Waals surface area contributed by atoms with Crippen LogP contribution in [0.5, 0.6) is 5.75 Å². The maximum Gasteiger partial charge on any atom is 0.260 e. The Morgan fingerprint density at radius 1 is 1.16 bits per heavy atom. The van der Waals surface area contributed by atoms with Gasteiger partial charge in [-0.15, -0.1) is 0 Å². The minimum atomic E-state index is -0.397. The van der Waals surface area contributed by atoms with E-state index in [4.69, 9.17) is 9.37 Å². The lowest BCUT2D eigenvalue weighted by molar-refractivity contribution is 0.102. The summed E-state index contributed by atoms with van der Waals surface area (Å²) in [6, 6.07) is 12.6. The van der Waals surface area contributed by atoms with E-state index in [2.05, 4.69) is 15.6 Å². The molecule has 1 heterocycles. The summed E-state index contributed by atoms with van der Waals surface area (Å²) in [7, 11) is 0. The molecule has 0 saturated heterocycles. The molecule has 0 unspecified atom stereocenters. The average Bonchev–Trinajstić information content (AvgIpc) is 3.09. The maximum absolute atomic E-state index is 13.1. The second-order valence-electron chi connectivity index (χ2n) is 5.27. The van der Waals surface area contributed by atoms with Crippen LogP contribution < -0.4 is 10.1 Å². The molecule has 25 heavy (non-hydrogen) atoms. The predicted octanol–water partition coefficient (Wildman–Crippen LogP) is 3.92. The van der Waals surface area contributed by atoms with Gasteiger partial charge in [0.15, 0.2) is 5.69 Å². The van der Waals surface area contributed by atoms with Gasteiger partial charge in [-0.1, -0.05) is 19.1 Å². The standard InChI is InChI=1S/C18H16FN3O3/c1-2-11-24-15-6-4-3-5-14(15)18(23)20-17-16(21-25-22-17)12-7-9-13(19)10-8-12/h3-10H,2,11H2,1H3,(H,20,22,23). The lowest BCUT2D eigenvalue weighted by atomic mass is 10.1. The first kappa shape index (κ1) is 16.6. The van der Waals surface area contributed by atoms with Crippen LogP contribution in [0.4, 0.5) is 10.2 Å². The summed E-state index contributed by atoms with van der Waals surface area (Å²) in [4.78, 5) is 12.6. The number of rotatable bonds is 6. The summed E-state index contributed by atoms with van der Waals surface area (Å²) < 4.78 is 23.4. The number of benzene rings is 2. The maximum atomic E-state index is 13.1. The molecule has 0 atom stereocenters. The van der Waals surface area contributed by atoms with E-state index in [1.807, 2.05) is 6.92 Å². The monoisotopic (exact) mass is 341 g/mol. The Labute approximate surface area is 143 Å². The van der Waals surface area contributed by atoms with Crippen LogP contribution in [0.3, 0.4) is 0 Å². The van der Waals surface area contributed by atoms with Crippen LogP contribution in [0.1, 0.15) is 23.7 Å². The molecular formula is C18H16FN3O3. The highest BCUT2D eigenvalue weighted by atomic mass is 19.1. The second kappa shape index (κ2) is 7.57. The van der Waals surface area contributed by atoms with Crippen LogP contribution in [-0.2, 0) is 0 Å². The van der Waals surface area contributed by atoms with Gasteiger partial charge in [-0.2, -0.15) is 0 Å². The molecule has 1 N–H and O–H groups in total. The number of amides is 1. The number of ether oxygens (including phenoxy) is 1. The lowest BCUT2D eigenvalue weighted by Crippen LogP contribution is -2.14. The molecule has 7 heteroatoms. The van der Waals surface area contributed by atoms with Gasteiger partial charge in [-0.25, -0.2) is 9.02 Å². The SMILES string of the molecule is CCCOc1ccccc1C(=O)Nc1nonc1-c1ccc(F)cc1. The molecule has 3 rings (SSSR count). The highest BCUT2D eigenvalue weighted by Gasteiger charge is 2.18. The minimum Gasteiger partial charge on any atom is -0.493 e. The number of carbonyl (C=O) groups is 1. The van der Waals surface area contributed by atoms with Crippen molar-refractivity contribution in [2.45, 2.75) is 13.3 Å². The summed E-state index contributed by atoms with van der Waals surface area (Å²) in [6.45, 7) is 2.50. The summed E-state index contributed by atoms with van der Waals surface area (Å²) in [5, 5.41) is 10.2. The van der Waals surface area contributed by atoms with E-state index in [1.54, 1.807) is 24.3 Å². The third kappa shape index (κ3) is 3.82. The molecule has 0 spiro atoms. The van der Waals surface area contributed by atoms with Crippen LogP contribution in [-0.4, -0.2) is 22.8 Å². The number of carbonyl (C=O) groups excluding carboxylic acids is 1. The van der Waals surface area contributed by atoms with Crippen molar-refractivity contribution >= 4 is 11.7 Å². The molecule has 0 fully saturated rings. The zero-order valence-electron chi connectivity index (χ0n) is 13.5. The molecule has 128 valence electrons. The van der Waals surface area contributed by atoms with Gasteiger partial charge in [-0.3, -0.25) is 4.79 Å². The van der Waals surface area contributed by atoms with Crippen LogP contribution in [0, 0.1) is 5.82 Å². The highest BCUT2D eigenvalue weighted by molar-refractivity contribution is 6.06. The van der Waals surface area contributed by atoms with Gasteiger partial charge in [0.25, 0.3) is 5.91 Å². The van der Waals surface area contributed by atoms with Crippen LogP contribution in [0.25, 0.3) is 11.3 Å². The summed E-state index contributed by atoms with van der Waals surface area (Å²) in [6.07, 6.45) is 0.831. The Hall–Kier alpha value is -3.22. The van der Waals surface area contributed by atoms with Crippen molar-refractivity contribution in [1.29, 1.82) is 0 Å². The Kier molecular flexibility index (Phi) is 5.03. The van der Waals surface area contributed by atoms with E-state index < -0.39 is 5.91 Å². The quantitative estimate of drug-likeness (QED) is 0.735. The molecular weight excluding hydrogens is 325 g/mol. The Bertz CT molecular complexity index is 862. The van der Waals surface area contributed by atoms with Crippen molar-refractivity contribution in [3.05, 3.63) is 59.9 Å². The van der Waals surface area contributed by atoms with Crippen LogP contribution in [0.2, 0.25) is 0 Å². The van der Waals surface area contributed by atoms with Gasteiger partial charge < -0.3 is 10.1 Å². The van der Waals surface area contributed by atoms with Gasteiger partial charge >= 0.3 is 0 Å². The Morgan fingerprint density at radius 2 is 1.92 bits per heavy atom. The molecule has 0 radical (unpaired) electrons. The number of para-hydroxylation sites is 1. The summed E-state index contributed by atoms with van der Waals surface area (Å²) >= 11 is 0. The van der Waals surface area contributed by atoms with E-state index >= 15 is 0 Å². The fraction of sp³-hybridized carbons (Fsp3) is 0.167. The fourth-order valence-electron chi connectivity index (χ4n) is 2.23. The van der Waals surface area contributed by atoms with E-state index in [9.17, 15) is 9.18 Å². The van der Waals surface area contributed by atoms with Crippen molar-refractivity contribution in [3.8, 4) is 17.0 Å². The first-order valence-corrected chi connectivity index (χ1v) is 7.80. The third-order valence-corrected chi connectivity index (χ3v) is 3.43. The van der Waals surface area contributed by atoms with Gasteiger partial charge in [-0.05, 0) is 53.1 Å². The summed E-state index contributed by atoms with van der Waals surface area (Å²) in [5.41, 5.74) is 1.28. The fourth-order valence-corrected chi connectivity index (χ4v) is 2.23. The number of hydrogen-bond acceptors (Lipinski definition) is 5. The van der Waals surface area contributed by atoms with Crippen molar-refractivity contribution in [1.82, 2.24) is 10.3 Å². The van der Waals surface area contributed by atoms with Gasteiger partial charge in [0.1, 0.15) is 11.6 Å². The largest absolute Gasteiger partial charge is 0.493 e. The molecule has 0 aliphatic rings. The second-order valence-corrected chi connectivity index (χ2v) is 5.27. The number of hydrogen-bond donors (Lipinski definition) is 1. The van der Waals surface area contributed by atoms with Gasteiger partial charge in [0.05, 0.1) is 12.2 Å². The zero-order valence-corrected chi connectivity index (χ0v) is 13.5. The van der Waals surface area contributed by atoms with E-state index in [-0.39, 0.29) is 11.6 Å². The first-order chi connectivity index (χ1) is 12.2. The number of aromatic nitrogens is 2. The normalized spacial score (nSPS) is 10.5. The number of nitrogens with zero attached hydrogens (tertiary/aromatic N) is 2. The zero-order chi connectivity index (χ0) is 17.6. The lowest BCUT2D eigenvalue weighted by Gasteiger charge is -2.10. The number of nitrogens with one attached hydrogen (secondary N) is 1. The van der Waals surface area contributed by atoms with Gasteiger partial charge in [0.2, 0.25) is 5.82 Å². The smallest absolute Gasteiger partial charge is 0.260 e. The highest BCUT2D eigenvalue weighted by Crippen LogP contribution is 2.26. The molecule has 0 saturated carbocycles. The summed E-state index contributed by atoms with van der Waals surface area (Å²) in [5.74, 6) is -0.123. The molecule has 0 aliphatic heterocycles. The number of anilines is 1. The van der Waals surface area contributed by atoms with Crippen molar-refractivity contribution in [3.63, 3.8) is 0 Å². The number of halogens is 1. The Balaban J connectivity index is 1.83. The topological polar surface area (TPSA) is 77.2 Å². The molecule has 6 nitrogen and oxygen atoms in total. The molecule has 1 amide bonds. The minimum absolute atomic E-state index is 0.155. The van der Waals surface area contributed by atoms with E-state index in [0.717, 1.165) is 6.42 Å². The average molecular weight is 341 g/mol. The van der Waals surface area contributed by atoms with E-state index in [1.165, 1.54) is 24.3 Å². The van der Waals surface area contributed by atoms with Crippen LogP contribution in [0.15, 0.2) is 53.2 Å². The molecule has 2 aromatic carbocycles. The van der Waals surface area contributed by atoms with Gasteiger partial charge in [0, 0.05) is 5.56 Å². The van der Waals surface area contributed by atoms with E-state index in [0.29, 0.717) is 29.2 Å². The van der Waals surface area contributed by atoms with Crippen molar-refractivity contribution in [2.75, 3.05) is 11.9 Å². The first-order valence-electron chi connectivity index (χ1n) is 7.80. The van der Waals surface area contributed by atoms with Crippen molar-refractivity contribution < 1.29 is 18.6 Å². The third-order valence-electron chi connectivity index (χ3n) is 3.43. The molecule has 0 aliphatic carbocycles. The van der Waals surface area contributed by atoms with Crippen molar-refractivity contribution in [2.24, 2.45) is 0 Å². The predicted molar refractivity (Wildman–Crippen MR) is 89.9 cm³/mol. The molecule has 1 aromatic heterocycles. The van der Waals surface area contributed by atoms with Crippen LogP contribution >= 0.6 is 0 Å². The molecule has 0 bridgehead atoms.